The van der Waals surface area contributed by atoms with Gasteiger partial charge in [0.15, 0.2) is 5.82 Å². The largest absolute Gasteiger partial charge is 0.416 e. The van der Waals surface area contributed by atoms with Crippen LogP contribution in [0, 0.1) is 0 Å². The molecule has 2 aromatic rings. The highest BCUT2D eigenvalue weighted by Gasteiger charge is 2.31. The van der Waals surface area contributed by atoms with Crippen LogP contribution < -0.4 is 5.32 Å². The van der Waals surface area contributed by atoms with Gasteiger partial charge in [-0.2, -0.15) is 18.3 Å². The standard InChI is InChI=1S/C13H11BrF3N3O/c1-2-8-6-11(20-19-8)18-12(21)9-5-7(13(15,16)17)3-4-10(9)14/h3-6H,2H2,1H3,(H2,18,19,20,21). The van der Waals surface area contributed by atoms with Crippen molar-refractivity contribution in [3.63, 3.8) is 0 Å². The van der Waals surface area contributed by atoms with E-state index in [1.807, 2.05) is 6.92 Å². The van der Waals surface area contributed by atoms with Gasteiger partial charge in [-0.15, -0.1) is 0 Å². The molecule has 4 nitrogen and oxygen atoms in total. The number of alkyl halides is 3. The number of aryl methyl sites for hydroxylation is 1. The topological polar surface area (TPSA) is 57.8 Å². The van der Waals surface area contributed by atoms with Crippen molar-refractivity contribution in [1.82, 2.24) is 10.2 Å². The Morgan fingerprint density at radius 2 is 2.10 bits per heavy atom. The van der Waals surface area contributed by atoms with Gasteiger partial charge in [0.05, 0.1) is 11.1 Å². The zero-order valence-electron chi connectivity index (χ0n) is 10.9. The number of rotatable bonds is 3. The third-order valence-corrected chi connectivity index (χ3v) is 3.48. The summed E-state index contributed by atoms with van der Waals surface area (Å²) in [5.74, 6) is -0.400. The molecule has 0 bridgehead atoms. The molecule has 1 aromatic carbocycles. The molecule has 1 heterocycles. The Morgan fingerprint density at radius 1 is 1.38 bits per heavy atom. The van der Waals surface area contributed by atoms with Gasteiger partial charge in [0.25, 0.3) is 5.91 Å². The Balaban J connectivity index is 2.26. The molecule has 2 N–H and O–H groups in total. The van der Waals surface area contributed by atoms with E-state index >= 15 is 0 Å². The second-order valence-corrected chi connectivity index (χ2v) is 5.13. The molecule has 0 spiro atoms. The Morgan fingerprint density at radius 3 is 2.67 bits per heavy atom. The van der Waals surface area contributed by atoms with Crippen LogP contribution in [-0.4, -0.2) is 16.1 Å². The van der Waals surface area contributed by atoms with Crippen LogP contribution in [0.4, 0.5) is 19.0 Å². The van der Waals surface area contributed by atoms with Gasteiger partial charge in [-0.25, -0.2) is 0 Å². The summed E-state index contributed by atoms with van der Waals surface area (Å²) in [6.45, 7) is 1.91. The fourth-order valence-corrected chi connectivity index (χ4v) is 2.09. The number of amides is 1. The third kappa shape index (κ3) is 3.63. The van der Waals surface area contributed by atoms with Crippen LogP contribution in [0.25, 0.3) is 0 Å². The first-order valence-corrected chi connectivity index (χ1v) is 6.83. The number of nitrogens with one attached hydrogen (secondary N) is 2. The summed E-state index contributed by atoms with van der Waals surface area (Å²) in [5, 5.41) is 9.02. The number of carbonyl (C=O) groups is 1. The molecule has 2 rings (SSSR count). The number of anilines is 1. The van der Waals surface area contributed by atoms with Crippen molar-refractivity contribution in [1.29, 1.82) is 0 Å². The van der Waals surface area contributed by atoms with Gasteiger partial charge in [0, 0.05) is 16.2 Å². The van der Waals surface area contributed by atoms with Gasteiger partial charge < -0.3 is 5.32 Å². The molecule has 1 aromatic heterocycles. The highest BCUT2D eigenvalue weighted by atomic mass is 79.9. The lowest BCUT2D eigenvalue weighted by Gasteiger charge is -2.10. The van der Waals surface area contributed by atoms with E-state index < -0.39 is 17.6 Å². The SMILES string of the molecule is CCc1cc(NC(=O)c2cc(C(F)(F)F)ccc2Br)n[nH]1. The molecule has 112 valence electrons. The van der Waals surface area contributed by atoms with Crippen LogP contribution in [-0.2, 0) is 12.6 Å². The van der Waals surface area contributed by atoms with Gasteiger partial charge in [-0.3, -0.25) is 9.89 Å². The van der Waals surface area contributed by atoms with Gasteiger partial charge in [0.2, 0.25) is 0 Å². The minimum atomic E-state index is -4.50. The Bertz CT molecular complexity index is 667. The summed E-state index contributed by atoms with van der Waals surface area (Å²) < 4.78 is 38.3. The van der Waals surface area contributed by atoms with Crippen LogP contribution in [0.1, 0.15) is 28.5 Å². The predicted octanol–water partition coefficient (Wildman–Crippen LogP) is 4.01. The van der Waals surface area contributed by atoms with E-state index in [0.29, 0.717) is 6.42 Å². The smallest absolute Gasteiger partial charge is 0.305 e. The molecular formula is C13H11BrF3N3O. The highest BCUT2D eigenvalue weighted by molar-refractivity contribution is 9.10. The fourth-order valence-electron chi connectivity index (χ4n) is 1.67. The highest BCUT2D eigenvalue weighted by Crippen LogP contribution is 2.32. The number of aromatic amines is 1. The van der Waals surface area contributed by atoms with Crippen LogP contribution in [0.5, 0.6) is 0 Å². The molecule has 0 unspecified atom stereocenters. The first kappa shape index (κ1) is 15.6. The molecule has 0 aliphatic carbocycles. The Hall–Kier alpha value is -1.83. The van der Waals surface area contributed by atoms with Crippen molar-refractivity contribution in [2.75, 3.05) is 5.32 Å². The monoisotopic (exact) mass is 361 g/mol. The summed E-state index contributed by atoms with van der Waals surface area (Å²) in [6, 6.07) is 4.52. The van der Waals surface area contributed by atoms with Crippen LogP contribution in [0.2, 0.25) is 0 Å². The number of hydrogen-bond donors (Lipinski definition) is 2. The molecule has 0 fully saturated rings. The average Bonchev–Trinajstić information content (AvgIpc) is 2.85. The van der Waals surface area contributed by atoms with Crippen LogP contribution >= 0.6 is 15.9 Å². The van der Waals surface area contributed by atoms with Gasteiger partial charge in [-0.05, 0) is 40.5 Å². The lowest BCUT2D eigenvalue weighted by molar-refractivity contribution is -0.137. The summed E-state index contributed by atoms with van der Waals surface area (Å²) in [5.41, 5.74) is -0.175. The summed E-state index contributed by atoms with van der Waals surface area (Å²) in [4.78, 5) is 12.0. The Labute approximate surface area is 126 Å². The molecule has 8 heteroatoms. The van der Waals surface area contributed by atoms with Crippen molar-refractivity contribution >= 4 is 27.7 Å². The van der Waals surface area contributed by atoms with Crippen molar-refractivity contribution in [3.8, 4) is 0 Å². The van der Waals surface area contributed by atoms with E-state index in [0.717, 1.165) is 17.8 Å². The molecule has 0 aliphatic heterocycles. The number of halogens is 4. The summed E-state index contributed by atoms with van der Waals surface area (Å²) >= 11 is 3.07. The number of hydrogen-bond acceptors (Lipinski definition) is 2. The molecule has 0 saturated heterocycles. The quantitative estimate of drug-likeness (QED) is 0.867. The van der Waals surface area contributed by atoms with E-state index in [4.69, 9.17) is 0 Å². The van der Waals surface area contributed by atoms with Crippen molar-refractivity contribution in [2.24, 2.45) is 0 Å². The number of nitrogens with zero attached hydrogens (tertiary/aromatic N) is 1. The predicted molar refractivity (Wildman–Crippen MR) is 75.1 cm³/mol. The van der Waals surface area contributed by atoms with E-state index in [2.05, 4.69) is 31.4 Å². The maximum absolute atomic E-state index is 12.7. The fraction of sp³-hybridized carbons (Fsp3) is 0.231. The maximum atomic E-state index is 12.7. The third-order valence-electron chi connectivity index (χ3n) is 2.79. The molecule has 21 heavy (non-hydrogen) atoms. The van der Waals surface area contributed by atoms with Crippen molar-refractivity contribution in [3.05, 3.63) is 45.6 Å². The second kappa shape index (κ2) is 5.88. The van der Waals surface area contributed by atoms with E-state index in [1.165, 1.54) is 6.07 Å². The lowest BCUT2D eigenvalue weighted by atomic mass is 10.1. The van der Waals surface area contributed by atoms with E-state index in [-0.39, 0.29) is 15.9 Å². The van der Waals surface area contributed by atoms with Crippen molar-refractivity contribution in [2.45, 2.75) is 19.5 Å². The first-order valence-electron chi connectivity index (χ1n) is 6.03. The summed E-state index contributed by atoms with van der Waals surface area (Å²) in [7, 11) is 0. The van der Waals surface area contributed by atoms with Gasteiger partial charge in [-0.1, -0.05) is 6.92 Å². The average molecular weight is 362 g/mol. The zero-order valence-corrected chi connectivity index (χ0v) is 12.5. The first-order chi connectivity index (χ1) is 9.81. The molecule has 0 aliphatic rings. The van der Waals surface area contributed by atoms with E-state index in [1.54, 1.807) is 6.07 Å². The number of carbonyl (C=O) groups excluding carboxylic acids is 1. The zero-order chi connectivity index (χ0) is 15.6. The minimum absolute atomic E-state index is 0.106. The molecule has 0 saturated carbocycles. The molecule has 1 amide bonds. The van der Waals surface area contributed by atoms with Crippen molar-refractivity contribution < 1.29 is 18.0 Å². The van der Waals surface area contributed by atoms with Crippen LogP contribution in [0.3, 0.4) is 0 Å². The number of aromatic nitrogens is 2. The lowest BCUT2D eigenvalue weighted by Crippen LogP contribution is -2.15. The maximum Gasteiger partial charge on any atom is 0.416 e. The van der Waals surface area contributed by atoms with Gasteiger partial charge in [0.1, 0.15) is 0 Å². The normalized spacial score (nSPS) is 11.5. The molecule has 0 radical (unpaired) electrons. The number of H-pyrrole nitrogens is 1. The van der Waals surface area contributed by atoms with Crippen LogP contribution in [0.15, 0.2) is 28.7 Å². The number of benzene rings is 1. The minimum Gasteiger partial charge on any atom is -0.305 e. The second-order valence-electron chi connectivity index (χ2n) is 4.28. The van der Waals surface area contributed by atoms with E-state index in [9.17, 15) is 18.0 Å². The van der Waals surface area contributed by atoms with Gasteiger partial charge >= 0.3 is 6.18 Å². The summed E-state index contributed by atoms with van der Waals surface area (Å²) in [6.07, 6.45) is -3.80. The molecular weight excluding hydrogens is 351 g/mol. The Kier molecular flexibility index (Phi) is 4.36. The molecule has 0 atom stereocenters.